The van der Waals surface area contributed by atoms with Crippen LogP contribution in [0.4, 0.5) is 8.78 Å². The van der Waals surface area contributed by atoms with Crippen molar-refractivity contribution < 1.29 is 32.2 Å². The predicted octanol–water partition coefficient (Wildman–Crippen LogP) is 7.01. The van der Waals surface area contributed by atoms with Gasteiger partial charge in [0.25, 0.3) is 11.8 Å². The fourth-order valence-corrected chi connectivity index (χ4v) is 2.70. The molecule has 0 aromatic carbocycles. The first-order valence-electron chi connectivity index (χ1n) is 12.5. The number of pyridine rings is 2. The van der Waals surface area contributed by atoms with Gasteiger partial charge in [-0.2, -0.15) is 0 Å². The normalized spacial score (nSPS) is 14.8. The van der Waals surface area contributed by atoms with Crippen LogP contribution in [0, 0.1) is 11.8 Å². The van der Waals surface area contributed by atoms with E-state index < -0.39 is 11.8 Å². The van der Waals surface area contributed by atoms with Gasteiger partial charge in [-0.1, -0.05) is 41.5 Å². The van der Waals surface area contributed by atoms with E-state index in [1.165, 1.54) is 27.2 Å². The molecule has 0 aliphatic heterocycles. The lowest BCUT2D eigenvalue weighted by Crippen LogP contribution is -2.07. The van der Waals surface area contributed by atoms with Crippen molar-refractivity contribution in [3.05, 3.63) is 24.5 Å². The van der Waals surface area contributed by atoms with E-state index in [1.807, 2.05) is 27.7 Å². The molecule has 0 spiro atoms. The third kappa shape index (κ3) is 9.93. The SMILES string of the molecule is CC.CC.CC(C)=O.COc1cc(-c2nc3cnc(OCC(C)C)cc3o2)cnc1OCC1CC1(F)F. The number of carbonyl (C=O) groups excluding carboxylic acids is 1. The number of ketones is 1. The van der Waals surface area contributed by atoms with Crippen LogP contribution in [0.3, 0.4) is 0 Å². The summed E-state index contributed by atoms with van der Waals surface area (Å²) >= 11 is 0. The van der Waals surface area contributed by atoms with Crippen LogP contribution in [0.2, 0.25) is 0 Å². The summed E-state index contributed by atoms with van der Waals surface area (Å²) in [7, 11) is 1.45. The Bertz CT molecular complexity index is 1110. The second kappa shape index (κ2) is 15.1. The Morgan fingerprint density at radius 1 is 1.11 bits per heavy atom. The fourth-order valence-electron chi connectivity index (χ4n) is 2.70. The lowest BCUT2D eigenvalue weighted by atomic mass is 10.2. The Labute approximate surface area is 217 Å². The van der Waals surface area contributed by atoms with Gasteiger partial charge in [-0.25, -0.2) is 23.7 Å². The van der Waals surface area contributed by atoms with Crippen molar-refractivity contribution in [1.82, 2.24) is 15.0 Å². The minimum Gasteiger partial charge on any atom is -0.491 e. The zero-order valence-corrected chi connectivity index (χ0v) is 23.2. The number of fused-ring (bicyclic) bond motifs is 1. The first-order valence-corrected chi connectivity index (χ1v) is 12.5. The van der Waals surface area contributed by atoms with Gasteiger partial charge in [0.05, 0.1) is 38.0 Å². The second-order valence-electron chi connectivity index (χ2n) is 8.33. The lowest BCUT2D eigenvalue weighted by Gasteiger charge is -2.09. The number of nitrogens with zero attached hydrogens (tertiary/aromatic N) is 3. The maximum Gasteiger partial charge on any atom is 0.257 e. The highest BCUT2D eigenvalue weighted by atomic mass is 19.3. The topological polar surface area (TPSA) is 96.6 Å². The minimum atomic E-state index is -2.64. The van der Waals surface area contributed by atoms with Crippen LogP contribution in [0.5, 0.6) is 17.5 Å². The molecule has 1 unspecified atom stereocenters. The summed E-state index contributed by atoms with van der Waals surface area (Å²) in [6.45, 7) is 15.6. The van der Waals surface area contributed by atoms with E-state index in [4.69, 9.17) is 18.6 Å². The summed E-state index contributed by atoms with van der Waals surface area (Å²) < 4.78 is 48.1. The average molecular weight is 524 g/mol. The molecule has 3 aromatic heterocycles. The summed E-state index contributed by atoms with van der Waals surface area (Å²) in [5.74, 6) is -1.61. The first kappa shape index (κ1) is 31.7. The van der Waals surface area contributed by atoms with Crippen LogP contribution in [0.15, 0.2) is 28.9 Å². The fraction of sp³-hybridized carbons (Fsp3) is 0.556. The molecule has 10 heteroatoms. The summed E-state index contributed by atoms with van der Waals surface area (Å²) in [6, 6.07) is 3.33. The number of ether oxygens (including phenoxy) is 3. The highest BCUT2D eigenvalue weighted by molar-refractivity contribution is 5.76. The monoisotopic (exact) mass is 523 g/mol. The maximum atomic E-state index is 13.0. The number of aromatic nitrogens is 3. The molecule has 1 saturated carbocycles. The molecule has 37 heavy (non-hydrogen) atoms. The summed E-state index contributed by atoms with van der Waals surface area (Å²) in [5.41, 5.74) is 1.67. The number of hydrogen-bond donors (Lipinski definition) is 0. The van der Waals surface area contributed by atoms with Crippen molar-refractivity contribution in [3.8, 4) is 29.0 Å². The number of Topliss-reactive ketones (excluding diaryl/α,β-unsaturated/α-hetero) is 1. The number of rotatable bonds is 8. The van der Waals surface area contributed by atoms with Crippen LogP contribution in [0.1, 0.15) is 61.8 Å². The molecule has 3 aromatic rings. The molecule has 1 atom stereocenters. The number of alkyl halides is 2. The van der Waals surface area contributed by atoms with Crippen molar-refractivity contribution >= 4 is 16.9 Å². The quantitative estimate of drug-likeness (QED) is 0.311. The van der Waals surface area contributed by atoms with E-state index in [0.29, 0.717) is 46.7 Å². The molecular formula is C27H39F2N3O5. The smallest absolute Gasteiger partial charge is 0.257 e. The van der Waals surface area contributed by atoms with Crippen molar-refractivity contribution in [2.45, 2.75) is 67.7 Å². The number of oxazole rings is 1. The van der Waals surface area contributed by atoms with Crippen molar-refractivity contribution in [2.75, 3.05) is 20.3 Å². The Balaban J connectivity index is 0.000000767. The van der Waals surface area contributed by atoms with Crippen LogP contribution in [-0.4, -0.2) is 47.0 Å². The molecule has 0 radical (unpaired) electrons. The van der Waals surface area contributed by atoms with Gasteiger partial charge < -0.3 is 23.4 Å². The Morgan fingerprint density at radius 3 is 2.27 bits per heavy atom. The number of methoxy groups -OCH3 is 1. The third-order valence-corrected chi connectivity index (χ3v) is 4.48. The van der Waals surface area contributed by atoms with E-state index in [9.17, 15) is 13.6 Å². The molecule has 1 aliphatic rings. The number of halogens is 2. The van der Waals surface area contributed by atoms with E-state index in [-0.39, 0.29) is 24.7 Å². The standard InChI is InChI=1S/C20H21F2N3O4.C3H6O.2C2H6/c1-11(2)9-27-17-5-15-14(8-23-17)25-18(29-15)12-4-16(26-3)19(24-7-12)28-10-13-6-20(13,21)22;1-3(2)4;2*1-2/h4-5,7-8,11,13H,6,9-10H2,1-3H3;1-2H3;2*1-2H3. The van der Waals surface area contributed by atoms with Gasteiger partial charge in [-0.3, -0.25) is 0 Å². The summed E-state index contributed by atoms with van der Waals surface area (Å²) in [6.07, 6.45) is 2.92. The lowest BCUT2D eigenvalue weighted by molar-refractivity contribution is -0.115. The van der Waals surface area contributed by atoms with Crippen molar-refractivity contribution in [1.29, 1.82) is 0 Å². The molecule has 206 valence electrons. The minimum absolute atomic E-state index is 0.108. The molecule has 1 aliphatic carbocycles. The van der Waals surface area contributed by atoms with Gasteiger partial charge in [0, 0.05) is 18.7 Å². The molecular weight excluding hydrogens is 484 g/mol. The van der Waals surface area contributed by atoms with Crippen molar-refractivity contribution in [3.63, 3.8) is 0 Å². The average Bonchev–Trinajstić information content (AvgIpc) is 3.28. The third-order valence-electron chi connectivity index (χ3n) is 4.48. The van der Waals surface area contributed by atoms with Gasteiger partial charge in [-0.15, -0.1) is 0 Å². The largest absolute Gasteiger partial charge is 0.491 e. The van der Waals surface area contributed by atoms with Gasteiger partial charge in [0.1, 0.15) is 11.3 Å². The molecule has 0 amide bonds. The molecule has 3 heterocycles. The number of carbonyl (C=O) groups is 1. The van der Waals surface area contributed by atoms with Crippen LogP contribution in [-0.2, 0) is 4.79 Å². The Morgan fingerprint density at radius 2 is 1.73 bits per heavy atom. The van der Waals surface area contributed by atoms with E-state index in [0.717, 1.165) is 0 Å². The van der Waals surface area contributed by atoms with Crippen LogP contribution < -0.4 is 14.2 Å². The second-order valence-corrected chi connectivity index (χ2v) is 8.33. The van der Waals surface area contributed by atoms with E-state index in [2.05, 4.69) is 28.8 Å². The zero-order chi connectivity index (χ0) is 28.2. The summed E-state index contributed by atoms with van der Waals surface area (Å²) in [5, 5.41) is 0. The van der Waals surface area contributed by atoms with Gasteiger partial charge in [-0.05, 0) is 25.8 Å². The molecule has 0 bridgehead atoms. The van der Waals surface area contributed by atoms with Crippen molar-refractivity contribution in [2.24, 2.45) is 11.8 Å². The highest BCUT2D eigenvalue weighted by Crippen LogP contribution is 2.48. The van der Waals surface area contributed by atoms with E-state index >= 15 is 0 Å². The predicted molar refractivity (Wildman–Crippen MR) is 140 cm³/mol. The highest BCUT2D eigenvalue weighted by Gasteiger charge is 2.57. The maximum absolute atomic E-state index is 13.0. The Kier molecular flexibility index (Phi) is 12.9. The number of hydrogen-bond acceptors (Lipinski definition) is 8. The van der Waals surface area contributed by atoms with Crippen LogP contribution in [0.25, 0.3) is 22.6 Å². The molecule has 0 saturated heterocycles. The van der Waals surface area contributed by atoms with Crippen LogP contribution >= 0.6 is 0 Å². The molecule has 4 rings (SSSR count). The molecule has 1 fully saturated rings. The van der Waals surface area contributed by atoms with Gasteiger partial charge in [0.2, 0.25) is 11.8 Å². The van der Waals surface area contributed by atoms with E-state index in [1.54, 1.807) is 18.3 Å². The zero-order valence-electron chi connectivity index (χ0n) is 23.2. The Hall–Kier alpha value is -3.30. The van der Waals surface area contributed by atoms with Gasteiger partial charge >= 0.3 is 0 Å². The van der Waals surface area contributed by atoms with Gasteiger partial charge in [0.15, 0.2) is 11.3 Å². The molecule has 0 N–H and O–H groups in total. The first-order chi connectivity index (χ1) is 17.6. The molecule has 8 nitrogen and oxygen atoms in total. The summed E-state index contributed by atoms with van der Waals surface area (Å²) in [4.78, 5) is 22.3.